The number of nitrogens with zero attached hydrogens (tertiary/aromatic N) is 1. The molecule has 0 atom stereocenters. The van der Waals surface area contributed by atoms with Gasteiger partial charge in [-0.05, 0) is 93.9 Å². The Bertz CT molecular complexity index is 1030. The molecule has 1 aromatic carbocycles. The van der Waals surface area contributed by atoms with Crippen molar-refractivity contribution in [1.29, 1.82) is 0 Å². The van der Waals surface area contributed by atoms with Crippen molar-refractivity contribution in [2.75, 3.05) is 30.3 Å². The second kappa shape index (κ2) is 11.8. The maximum absolute atomic E-state index is 12.8. The Morgan fingerprint density at radius 2 is 1.65 bits per heavy atom. The molecule has 8 heteroatoms. The van der Waals surface area contributed by atoms with Crippen LogP contribution in [0.15, 0.2) is 24.3 Å². The van der Waals surface area contributed by atoms with E-state index >= 15 is 0 Å². The Morgan fingerprint density at radius 1 is 0.971 bits per heavy atom. The van der Waals surface area contributed by atoms with Crippen molar-refractivity contribution < 1.29 is 14.3 Å². The molecule has 2 heterocycles. The lowest BCUT2D eigenvalue weighted by Crippen LogP contribution is -2.35. The van der Waals surface area contributed by atoms with Gasteiger partial charge in [0.2, 0.25) is 0 Å². The number of carbonyl (C=O) groups excluding carboxylic acids is 2. The molecule has 34 heavy (non-hydrogen) atoms. The second-order valence-electron chi connectivity index (χ2n) is 8.85. The first-order valence-corrected chi connectivity index (χ1v) is 13.6. The highest BCUT2D eigenvalue weighted by Gasteiger charge is 2.26. The molecule has 4 rings (SSSR count). The highest BCUT2D eigenvalue weighted by Crippen LogP contribution is 2.37. The topological polar surface area (TPSA) is 70.7 Å². The van der Waals surface area contributed by atoms with Gasteiger partial charge in [0, 0.05) is 29.2 Å². The summed E-state index contributed by atoms with van der Waals surface area (Å²) in [6.45, 7) is 3.84. The number of aryl methyl sites for hydroxylation is 1. The van der Waals surface area contributed by atoms with E-state index in [1.54, 1.807) is 11.3 Å². The predicted octanol–water partition coefficient (Wildman–Crippen LogP) is 6.02. The summed E-state index contributed by atoms with van der Waals surface area (Å²) in [6, 6.07) is 7.40. The fraction of sp³-hybridized carbons (Fsp3) is 0.500. The number of anilines is 2. The number of thiophene rings is 1. The Labute approximate surface area is 211 Å². The zero-order chi connectivity index (χ0) is 23.9. The highest BCUT2D eigenvalue weighted by molar-refractivity contribution is 7.80. The van der Waals surface area contributed by atoms with E-state index in [-0.39, 0.29) is 11.9 Å². The third kappa shape index (κ3) is 5.96. The number of ether oxygens (including phenoxy) is 1. The van der Waals surface area contributed by atoms with E-state index in [2.05, 4.69) is 10.6 Å². The lowest BCUT2D eigenvalue weighted by atomic mass is 9.96. The van der Waals surface area contributed by atoms with Crippen LogP contribution >= 0.6 is 23.6 Å². The first-order valence-electron chi connectivity index (χ1n) is 12.4. The van der Waals surface area contributed by atoms with Crippen molar-refractivity contribution >= 4 is 51.2 Å². The number of piperidine rings is 1. The number of rotatable bonds is 5. The van der Waals surface area contributed by atoms with Crippen LogP contribution in [0.25, 0.3) is 0 Å². The lowest BCUT2D eigenvalue weighted by molar-refractivity contribution is 0.0526. The normalized spacial score (nSPS) is 16.1. The minimum atomic E-state index is -0.286. The summed E-state index contributed by atoms with van der Waals surface area (Å²) in [6.07, 6.45) is 9.87. The fourth-order valence-electron chi connectivity index (χ4n) is 4.67. The molecule has 1 aliphatic carbocycles. The molecule has 1 aliphatic heterocycles. The molecule has 0 unspecified atom stereocenters. The number of nitrogens with one attached hydrogen (secondary N) is 2. The van der Waals surface area contributed by atoms with Crippen molar-refractivity contribution in [3.8, 4) is 0 Å². The van der Waals surface area contributed by atoms with E-state index in [9.17, 15) is 9.59 Å². The minimum absolute atomic E-state index is 0.0852. The maximum atomic E-state index is 12.8. The molecular formula is C26H33N3O3S2. The molecule has 6 nitrogen and oxygen atoms in total. The van der Waals surface area contributed by atoms with Gasteiger partial charge in [-0.1, -0.05) is 12.8 Å². The van der Waals surface area contributed by atoms with E-state index in [0.717, 1.165) is 67.9 Å². The van der Waals surface area contributed by atoms with Crippen LogP contribution in [0.5, 0.6) is 0 Å². The molecule has 0 spiro atoms. The predicted molar refractivity (Wildman–Crippen MR) is 142 cm³/mol. The van der Waals surface area contributed by atoms with Crippen LogP contribution in [-0.2, 0) is 17.6 Å². The fourth-order valence-corrected chi connectivity index (χ4v) is 6.23. The van der Waals surface area contributed by atoms with Crippen LogP contribution in [0.2, 0.25) is 0 Å². The van der Waals surface area contributed by atoms with E-state index in [1.807, 2.05) is 36.1 Å². The van der Waals surface area contributed by atoms with Crippen molar-refractivity contribution in [1.82, 2.24) is 4.90 Å². The molecule has 0 saturated carbocycles. The molecule has 2 N–H and O–H groups in total. The standard InChI is InChI=1S/C26H33N3O3S2/c1-2-32-25(31)22-20-10-6-3-4-7-11-21(20)34-23(22)28-26(33)27-19-14-12-18(13-15-19)24(30)29-16-8-5-9-17-29/h12-15H,2-11,16-17H2,1H3,(H2,27,28,33). The van der Waals surface area contributed by atoms with Gasteiger partial charge in [-0.15, -0.1) is 11.3 Å². The summed E-state index contributed by atoms with van der Waals surface area (Å²) >= 11 is 7.18. The van der Waals surface area contributed by atoms with Crippen LogP contribution < -0.4 is 10.6 Å². The van der Waals surface area contributed by atoms with Gasteiger partial charge >= 0.3 is 5.97 Å². The van der Waals surface area contributed by atoms with Crippen molar-refractivity contribution in [2.45, 2.75) is 64.7 Å². The summed E-state index contributed by atoms with van der Waals surface area (Å²) in [5, 5.41) is 7.60. The number of fused-ring (bicyclic) bond motifs is 1. The highest BCUT2D eigenvalue weighted by atomic mass is 32.1. The first kappa shape index (κ1) is 24.7. The number of benzene rings is 1. The van der Waals surface area contributed by atoms with Gasteiger partial charge in [0.15, 0.2) is 5.11 Å². The molecule has 0 bridgehead atoms. The Hall–Kier alpha value is -2.45. The molecule has 1 aromatic heterocycles. The largest absolute Gasteiger partial charge is 0.462 e. The van der Waals surface area contributed by atoms with Gasteiger partial charge < -0.3 is 20.3 Å². The number of thiocarbonyl (C=S) groups is 1. The number of hydrogen-bond donors (Lipinski definition) is 2. The van der Waals surface area contributed by atoms with Gasteiger partial charge in [-0.3, -0.25) is 4.79 Å². The smallest absolute Gasteiger partial charge is 0.341 e. The monoisotopic (exact) mass is 499 g/mol. The third-order valence-corrected chi connectivity index (χ3v) is 7.82. The Balaban J connectivity index is 1.45. The number of esters is 1. The summed E-state index contributed by atoms with van der Waals surface area (Å²) in [4.78, 5) is 28.7. The molecule has 0 radical (unpaired) electrons. The van der Waals surface area contributed by atoms with Gasteiger partial charge in [-0.25, -0.2) is 4.79 Å². The van der Waals surface area contributed by atoms with E-state index in [0.29, 0.717) is 22.8 Å². The van der Waals surface area contributed by atoms with Crippen LogP contribution in [0.1, 0.15) is 83.0 Å². The Morgan fingerprint density at radius 3 is 2.35 bits per heavy atom. The van der Waals surface area contributed by atoms with E-state index < -0.39 is 0 Å². The van der Waals surface area contributed by atoms with Crippen molar-refractivity contribution in [3.05, 3.63) is 45.8 Å². The first-order chi connectivity index (χ1) is 16.6. The zero-order valence-electron chi connectivity index (χ0n) is 19.8. The molecule has 1 fully saturated rings. The summed E-state index contributed by atoms with van der Waals surface area (Å²) < 4.78 is 5.38. The lowest BCUT2D eigenvalue weighted by Gasteiger charge is -2.26. The average molecular weight is 500 g/mol. The van der Waals surface area contributed by atoms with Gasteiger partial charge in [-0.2, -0.15) is 0 Å². The molecular weight excluding hydrogens is 466 g/mol. The summed E-state index contributed by atoms with van der Waals surface area (Å²) in [5.74, 6) is -0.200. The average Bonchev–Trinajstić information content (AvgIpc) is 3.15. The molecule has 2 aromatic rings. The van der Waals surface area contributed by atoms with E-state index in [4.69, 9.17) is 17.0 Å². The number of likely N-dealkylation sites (tertiary alicyclic amines) is 1. The quantitative estimate of drug-likeness (QED) is 0.387. The summed E-state index contributed by atoms with van der Waals surface area (Å²) in [5.41, 5.74) is 3.23. The maximum Gasteiger partial charge on any atom is 0.341 e. The van der Waals surface area contributed by atoms with Crippen molar-refractivity contribution in [2.24, 2.45) is 0 Å². The molecule has 1 amide bonds. The van der Waals surface area contributed by atoms with Crippen molar-refractivity contribution in [3.63, 3.8) is 0 Å². The number of carbonyl (C=O) groups is 2. The minimum Gasteiger partial charge on any atom is -0.462 e. The van der Waals surface area contributed by atoms with Crippen LogP contribution in [0, 0.1) is 0 Å². The van der Waals surface area contributed by atoms with E-state index in [1.165, 1.54) is 24.1 Å². The molecule has 2 aliphatic rings. The van der Waals surface area contributed by atoms with Crippen LogP contribution in [-0.4, -0.2) is 41.6 Å². The zero-order valence-corrected chi connectivity index (χ0v) is 21.4. The molecule has 182 valence electrons. The second-order valence-corrected chi connectivity index (χ2v) is 10.4. The Kier molecular flexibility index (Phi) is 8.56. The van der Waals surface area contributed by atoms with Crippen LogP contribution in [0.4, 0.5) is 10.7 Å². The third-order valence-electron chi connectivity index (χ3n) is 6.41. The van der Waals surface area contributed by atoms with Gasteiger partial charge in [0.1, 0.15) is 5.00 Å². The number of amides is 1. The van der Waals surface area contributed by atoms with Crippen LogP contribution in [0.3, 0.4) is 0 Å². The molecule has 1 saturated heterocycles. The SMILES string of the molecule is CCOC(=O)c1c(NC(=S)Nc2ccc(C(=O)N3CCCCC3)cc2)sc2c1CCCCCC2. The van der Waals surface area contributed by atoms with Gasteiger partial charge in [0.05, 0.1) is 12.2 Å². The number of hydrogen-bond acceptors (Lipinski definition) is 5. The van der Waals surface area contributed by atoms with Gasteiger partial charge in [0.25, 0.3) is 5.91 Å². The summed E-state index contributed by atoms with van der Waals surface area (Å²) in [7, 11) is 0.